The quantitative estimate of drug-likeness (QED) is 0.369. The average molecular weight is 144 g/mol. The Kier molecular flexibility index (Phi) is 2.37. The summed E-state index contributed by atoms with van der Waals surface area (Å²) in [5, 5.41) is 11.5. The number of hydrogen-bond donors (Lipinski definition) is 2. The summed E-state index contributed by atoms with van der Waals surface area (Å²) in [5.74, 6) is 0. The van der Waals surface area contributed by atoms with Gasteiger partial charge < -0.3 is 9.90 Å². The van der Waals surface area contributed by atoms with E-state index in [0.717, 1.165) is 12.8 Å². The third kappa shape index (κ3) is 1.76. The number of hydrogen-bond acceptors (Lipinski definition) is 4. The van der Waals surface area contributed by atoms with Crippen molar-refractivity contribution >= 4 is 6.29 Å². The molecule has 10 heavy (non-hydrogen) atoms. The lowest BCUT2D eigenvalue weighted by molar-refractivity contribution is -0.110. The minimum Gasteiger partial charge on any atom is -0.394 e. The van der Waals surface area contributed by atoms with E-state index in [1.54, 1.807) is 0 Å². The Morgan fingerprint density at radius 2 is 2.60 bits per heavy atom. The molecule has 0 saturated carbocycles. The number of nitrogens with zero attached hydrogens (tertiary/aromatic N) is 1. The molecule has 4 heteroatoms. The smallest absolute Gasteiger partial charge is 0.139 e. The molecule has 1 fully saturated rings. The fourth-order valence-corrected chi connectivity index (χ4v) is 0.788. The van der Waals surface area contributed by atoms with Crippen molar-refractivity contribution in [3.8, 4) is 0 Å². The maximum absolute atomic E-state index is 10.2. The van der Waals surface area contributed by atoms with Gasteiger partial charge in [0.25, 0.3) is 0 Å². The summed E-state index contributed by atoms with van der Waals surface area (Å²) in [6.45, 7) is 0.845. The van der Waals surface area contributed by atoms with E-state index in [2.05, 4.69) is 5.32 Å². The van der Waals surface area contributed by atoms with Gasteiger partial charge in [-0.2, -0.15) is 0 Å². The van der Waals surface area contributed by atoms with Gasteiger partial charge in [-0.3, -0.25) is 10.2 Å². The number of aliphatic hydroxyl groups is 1. The highest BCUT2D eigenvalue weighted by Gasteiger charge is 2.30. The fraction of sp³-hybridized carbons (Fsp3) is 0.833. The first-order valence-electron chi connectivity index (χ1n) is 3.30. The van der Waals surface area contributed by atoms with Gasteiger partial charge in [0.05, 0.1) is 18.8 Å². The maximum Gasteiger partial charge on any atom is 0.139 e. The van der Waals surface area contributed by atoms with E-state index < -0.39 is 6.04 Å². The zero-order chi connectivity index (χ0) is 7.56. The van der Waals surface area contributed by atoms with Crippen molar-refractivity contribution in [2.24, 2.45) is 0 Å². The van der Waals surface area contributed by atoms with Crippen molar-refractivity contribution in [1.82, 2.24) is 10.2 Å². The van der Waals surface area contributed by atoms with Crippen molar-refractivity contribution in [1.29, 1.82) is 0 Å². The van der Waals surface area contributed by atoms with Crippen LogP contribution < -0.4 is 5.32 Å². The molecule has 1 unspecified atom stereocenters. The van der Waals surface area contributed by atoms with Crippen LogP contribution in [0.1, 0.15) is 0 Å². The number of aldehydes is 1. The molecule has 4 nitrogen and oxygen atoms in total. The molecule has 58 valence electrons. The zero-order valence-electron chi connectivity index (χ0n) is 5.95. The monoisotopic (exact) mass is 144 g/mol. The SMILES string of the molecule is CN1C[C@H]1N[C@H](C=O)CO. The van der Waals surface area contributed by atoms with Gasteiger partial charge in [0.15, 0.2) is 0 Å². The summed E-state index contributed by atoms with van der Waals surface area (Å²) in [7, 11) is 1.96. The van der Waals surface area contributed by atoms with Crippen molar-refractivity contribution in [3.63, 3.8) is 0 Å². The van der Waals surface area contributed by atoms with Gasteiger partial charge in [-0.15, -0.1) is 0 Å². The van der Waals surface area contributed by atoms with E-state index in [-0.39, 0.29) is 6.61 Å². The van der Waals surface area contributed by atoms with Crippen LogP contribution >= 0.6 is 0 Å². The van der Waals surface area contributed by atoms with E-state index in [1.165, 1.54) is 0 Å². The summed E-state index contributed by atoms with van der Waals surface area (Å²) < 4.78 is 0. The standard InChI is InChI=1S/C6H12N2O2/c1-8-2-6(8)7-5(3-9)4-10/h3,5-7,10H,2,4H2,1H3/t5-,6+,8?/m1/s1. The number of likely N-dealkylation sites (N-methyl/N-ethyl adjacent to an activating group) is 1. The van der Waals surface area contributed by atoms with Gasteiger partial charge in [-0.05, 0) is 7.05 Å². The predicted molar refractivity (Wildman–Crippen MR) is 36.5 cm³/mol. The third-order valence-electron chi connectivity index (χ3n) is 1.63. The number of nitrogens with one attached hydrogen (secondary N) is 1. The van der Waals surface area contributed by atoms with Gasteiger partial charge in [0.1, 0.15) is 6.29 Å². The predicted octanol–water partition coefficient (Wildman–Crippen LogP) is -1.59. The van der Waals surface area contributed by atoms with Crippen LogP contribution in [0, 0.1) is 0 Å². The summed E-state index contributed by atoms with van der Waals surface area (Å²) in [4.78, 5) is 12.2. The molecule has 0 aliphatic carbocycles. The normalized spacial score (nSPS) is 33.4. The van der Waals surface area contributed by atoms with E-state index >= 15 is 0 Å². The average Bonchev–Trinajstić information content (AvgIpc) is 2.62. The van der Waals surface area contributed by atoms with E-state index in [0.29, 0.717) is 6.17 Å². The molecular weight excluding hydrogens is 132 g/mol. The van der Waals surface area contributed by atoms with E-state index in [9.17, 15) is 4.79 Å². The molecule has 2 N–H and O–H groups in total. The van der Waals surface area contributed by atoms with Crippen molar-refractivity contribution in [2.75, 3.05) is 20.2 Å². The van der Waals surface area contributed by atoms with Crippen molar-refractivity contribution < 1.29 is 9.90 Å². The molecule has 0 amide bonds. The van der Waals surface area contributed by atoms with Crippen LogP contribution in [0.5, 0.6) is 0 Å². The largest absolute Gasteiger partial charge is 0.394 e. The third-order valence-corrected chi connectivity index (χ3v) is 1.63. The molecule has 1 saturated heterocycles. The molecule has 1 aliphatic rings. The number of carbonyl (C=O) groups is 1. The van der Waals surface area contributed by atoms with Crippen LogP contribution in [0.2, 0.25) is 0 Å². The Hall–Kier alpha value is -0.450. The lowest BCUT2D eigenvalue weighted by Gasteiger charge is -2.06. The summed E-state index contributed by atoms with van der Waals surface area (Å²) >= 11 is 0. The van der Waals surface area contributed by atoms with Crippen LogP contribution in [0.25, 0.3) is 0 Å². The van der Waals surface area contributed by atoms with E-state index in [1.807, 2.05) is 11.9 Å². The van der Waals surface area contributed by atoms with Crippen LogP contribution in [0.3, 0.4) is 0 Å². The molecule has 1 heterocycles. The first-order chi connectivity index (χ1) is 4.77. The second-order valence-electron chi connectivity index (χ2n) is 2.55. The number of aliphatic hydroxyl groups excluding tert-OH is 1. The van der Waals surface area contributed by atoms with Gasteiger partial charge in [-0.25, -0.2) is 0 Å². The minimum atomic E-state index is -0.394. The topological polar surface area (TPSA) is 52.3 Å². The lowest BCUT2D eigenvalue weighted by Crippen LogP contribution is -2.37. The Labute approximate surface area is 59.8 Å². The molecule has 0 radical (unpaired) electrons. The molecule has 0 aromatic heterocycles. The maximum atomic E-state index is 10.2. The highest BCUT2D eigenvalue weighted by atomic mass is 16.3. The van der Waals surface area contributed by atoms with Crippen molar-refractivity contribution in [3.05, 3.63) is 0 Å². The van der Waals surface area contributed by atoms with Gasteiger partial charge in [0, 0.05) is 6.54 Å². The highest BCUT2D eigenvalue weighted by Crippen LogP contribution is 2.09. The van der Waals surface area contributed by atoms with Gasteiger partial charge in [0.2, 0.25) is 0 Å². The molecule has 0 spiro atoms. The summed E-state index contributed by atoms with van der Waals surface area (Å²) in [5.41, 5.74) is 0. The molecule has 0 aromatic rings. The summed E-state index contributed by atoms with van der Waals surface area (Å²) in [6, 6.07) is -0.394. The second kappa shape index (κ2) is 3.09. The van der Waals surface area contributed by atoms with Gasteiger partial charge in [-0.1, -0.05) is 0 Å². The van der Waals surface area contributed by atoms with Crippen molar-refractivity contribution in [2.45, 2.75) is 12.2 Å². The van der Waals surface area contributed by atoms with E-state index in [4.69, 9.17) is 5.11 Å². The number of rotatable bonds is 4. The molecule has 1 rings (SSSR count). The van der Waals surface area contributed by atoms with Crippen LogP contribution in [-0.4, -0.2) is 48.7 Å². The molecular formula is C6H12N2O2. The van der Waals surface area contributed by atoms with Crippen LogP contribution in [0.4, 0.5) is 0 Å². The fourth-order valence-electron chi connectivity index (χ4n) is 0.788. The first-order valence-corrected chi connectivity index (χ1v) is 3.30. The Bertz CT molecular complexity index is 129. The highest BCUT2D eigenvalue weighted by molar-refractivity contribution is 5.57. The Balaban J connectivity index is 2.16. The zero-order valence-corrected chi connectivity index (χ0v) is 5.95. The minimum absolute atomic E-state index is 0.117. The second-order valence-corrected chi connectivity index (χ2v) is 2.55. The lowest BCUT2D eigenvalue weighted by atomic mass is 10.3. The Morgan fingerprint density at radius 3 is 2.90 bits per heavy atom. The summed E-state index contributed by atoms with van der Waals surface area (Å²) in [6.07, 6.45) is 1.02. The molecule has 0 aromatic carbocycles. The molecule has 3 atom stereocenters. The number of carbonyl (C=O) groups excluding carboxylic acids is 1. The first kappa shape index (κ1) is 7.65. The van der Waals surface area contributed by atoms with Crippen LogP contribution in [-0.2, 0) is 4.79 Å². The molecule has 0 bridgehead atoms. The Morgan fingerprint density at radius 1 is 2.00 bits per heavy atom. The van der Waals surface area contributed by atoms with Gasteiger partial charge >= 0.3 is 0 Å². The molecule has 1 aliphatic heterocycles. The van der Waals surface area contributed by atoms with Crippen LogP contribution in [0.15, 0.2) is 0 Å².